The molecule has 20 heavy (non-hydrogen) atoms. The monoisotopic (exact) mass is 296 g/mol. The van der Waals surface area contributed by atoms with Crippen LogP contribution in [0.1, 0.15) is 39.1 Å². The van der Waals surface area contributed by atoms with Gasteiger partial charge in [-0.05, 0) is 24.3 Å². The fourth-order valence-electron chi connectivity index (χ4n) is 2.75. The van der Waals surface area contributed by atoms with Crippen molar-refractivity contribution >= 4 is 23.6 Å². The van der Waals surface area contributed by atoms with E-state index in [-0.39, 0.29) is 28.0 Å². The maximum Gasteiger partial charge on any atom is 0.249 e. The minimum absolute atomic E-state index is 0.0527. The fraction of sp³-hybridized carbons (Fsp3) is 0.727. The second-order valence-electron chi connectivity index (χ2n) is 5.45. The van der Waals surface area contributed by atoms with Crippen LogP contribution < -0.4 is 5.32 Å². The van der Waals surface area contributed by atoms with E-state index in [9.17, 15) is 9.59 Å². The highest BCUT2D eigenvalue weighted by atomic mass is 32.2. The van der Waals surface area contributed by atoms with Gasteiger partial charge in [0.25, 0.3) is 0 Å². The van der Waals surface area contributed by atoms with Crippen molar-refractivity contribution < 1.29 is 9.59 Å². The van der Waals surface area contributed by atoms with Gasteiger partial charge in [-0.2, -0.15) is 0 Å². The smallest absolute Gasteiger partial charge is 0.249 e. The molecule has 2 aliphatic rings. The molecule has 9 heteroatoms. The summed E-state index contributed by atoms with van der Waals surface area (Å²) >= 11 is 1.66. The molecule has 2 fully saturated rings. The SMILES string of the molecule is CCC(=O)NC1C(=O)N2C1SC(C)(C)C2c1nnn[nH]1. The summed E-state index contributed by atoms with van der Waals surface area (Å²) in [5, 5.41) is 16.6. The van der Waals surface area contributed by atoms with Crippen LogP contribution in [0.2, 0.25) is 0 Å². The van der Waals surface area contributed by atoms with Gasteiger partial charge in [-0.3, -0.25) is 9.59 Å². The lowest BCUT2D eigenvalue weighted by Gasteiger charge is -2.44. The van der Waals surface area contributed by atoms with Gasteiger partial charge in [0.1, 0.15) is 17.5 Å². The third kappa shape index (κ3) is 1.80. The van der Waals surface area contributed by atoms with Gasteiger partial charge in [-0.25, -0.2) is 5.10 Å². The first kappa shape index (κ1) is 13.3. The number of β-lactam (4-membered cyclic amide) rings is 1. The average Bonchev–Trinajstić information content (AvgIpc) is 2.99. The van der Waals surface area contributed by atoms with Gasteiger partial charge in [-0.15, -0.1) is 16.9 Å². The number of tetrazole rings is 1. The van der Waals surface area contributed by atoms with Crippen LogP contribution in [0.3, 0.4) is 0 Å². The number of nitrogens with zero attached hydrogens (tertiary/aromatic N) is 4. The van der Waals surface area contributed by atoms with Crippen LogP contribution >= 0.6 is 11.8 Å². The van der Waals surface area contributed by atoms with Crippen molar-refractivity contribution in [2.75, 3.05) is 0 Å². The number of aromatic amines is 1. The van der Waals surface area contributed by atoms with Gasteiger partial charge in [0, 0.05) is 11.2 Å². The van der Waals surface area contributed by atoms with Crippen molar-refractivity contribution in [1.29, 1.82) is 0 Å². The summed E-state index contributed by atoms with van der Waals surface area (Å²) in [4.78, 5) is 25.6. The van der Waals surface area contributed by atoms with Crippen molar-refractivity contribution in [3.8, 4) is 0 Å². The lowest BCUT2D eigenvalue weighted by atomic mass is 9.95. The van der Waals surface area contributed by atoms with Gasteiger partial charge in [-0.1, -0.05) is 6.92 Å². The molecule has 3 rings (SSSR count). The highest BCUT2D eigenvalue weighted by Crippen LogP contribution is 2.56. The molecule has 0 saturated carbocycles. The zero-order valence-electron chi connectivity index (χ0n) is 11.5. The van der Waals surface area contributed by atoms with Gasteiger partial charge in [0.2, 0.25) is 11.8 Å². The van der Waals surface area contributed by atoms with Crippen LogP contribution in [0, 0.1) is 0 Å². The third-order valence-electron chi connectivity index (χ3n) is 3.70. The topological polar surface area (TPSA) is 104 Å². The van der Waals surface area contributed by atoms with Crippen LogP contribution in [-0.2, 0) is 9.59 Å². The summed E-state index contributed by atoms with van der Waals surface area (Å²) < 4.78 is -0.215. The number of hydrogen-bond donors (Lipinski definition) is 2. The fourth-order valence-corrected chi connectivity index (χ4v) is 4.38. The first-order valence-electron chi connectivity index (χ1n) is 6.48. The molecule has 0 aromatic carbocycles. The molecule has 1 aromatic rings. The van der Waals surface area contributed by atoms with Gasteiger partial charge in [0.15, 0.2) is 5.82 Å². The molecule has 108 valence electrons. The minimum Gasteiger partial charge on any atom is -0.342 e. The third-order valence-corrected chi connectivity index (χ3v) is 5.27. The molecule has 8 nitrogen and oxygen atoms in total. The summed E-state index contributed by atoms with van der Waals surface area (Å²) in [7, 11) is 0. The predicted molar refractivity (Wildman–Crippen MR) is 71.4 cm³/mol. The molecular formula is C11H16N6O2S. The Morgan fingerprint density at radius 1 is 1.55 bits per heavy atom. The molecule has 0 spiro atoms. The van der Waals surface area contributed by atoms with Crippen LogP contribution in [-0.4, -0.2) is 53.5 Å². The molecule has 0 radical (unpaired) electrons. The van der Waals surface area contributed by atoms with Crippen LogP contribution in [0.15, 0.2) is 0 Å². The second kappa shape index (κ2) is 4.44. The Balaban J connectivity index is 1.84. The molecule has 2 N–H and O–H groups in total. The Morgan fingerprint density at radius 3 is 2.90 bits per heavy atom. The number of H-pyrrole nitrogens is 1. The molecule has 3 heterocycles. The van der Waals surface area contributed by atoms with Crippen molar-refractivity contribution in [1.82, 2.24) is 30.8 Å². The van der Waals surface area contributed by atoms with Crippen molar-refractivity contribution in [2.24, 2.45) is 0 Å². The lowest BCUT2D eigenvalue weighted by Crippen LogP contribution is -2.67. The standard InChI is InChI=1S/C11H16N6O2S/c1-4-5(18)12-6-9(19)17-7(8-13-15-16-14-8)11(2,3)20-10(6)17/h6-7,10H,4H2,1-3H3,(H,12,18)(H,13,14,15,16). The maximum absolute atomic E-state index is 12.3. The first-order valence-corrected chi connectivity index (χ1v) is 7.36. The van der Waals surface area contributed by atoms with Gasteiger partial charge < -0.3 is 10.2 Å². The van der Waals surface area contributed by atoms with Gasteiger partial charge in [0.05, 0.1) is 0 Å². The highest BCUT2D eigenvalue weighted by Gasteiger charge is 2.63. The van der Waals surface area contributed by atoms with Crippen LogP contribution in [0.5, 0.6) is 0 Å². The summed E-state index contributed by atoms with van der Waals surface area (Å²) in [6.45, 7) is 5.87. The molecule has 3 atom stereocenters. The number of amides is 2. The number of carbonyl (C=O) groups excluding carboxylic acids is 2. The number of rotatable bonds is 3. The van der Waals surface area contributed by atoms with E-state index in [0.29, 0.717) is 12.2 Å². The van der Waals surface area contributed by atoms with E-state index in [1.807, 2.05) is 0 Å². The highest BCUT2D eigenvalue weighted by molar-refractivity contribution is 8.01. The van der Waals surface area contributed by atoms with E-state index < -0.39 is 6.04 Å². The predicted octanol–water partition coefficient (Wildman–Crippen LogP) is -0.171. The lowest BCUT2D eigenvalue weighted by molar-refractivity contribution is -0.151. The van der Waals surface area contributed by atoms with E-state index in [0.717, 1.165) is 0 Å². The maximum atomic E-state index is 12.3. The minimum atomic E-state index is -0.437. The number of fused-ring (bicyclic) bond motifs is 1. The normalized spacial score (nSPS) is 30.9. The van der Waals surface area contributed by atoms with E-state index in [1.165, 1.54) is 0 Å². The quantitative estimate of drug-likeness (QED) is 0.751. The Kier molecular flexibility index (Phi) is 2.96. The number of nitrogens with one attached hydrogen (secondary N) is 2. The molecule has 2 saturated heterocycles. The number of hydrogen-bond acceptors (Lipinski definition) is 6. The molecule has 2 aliphatic heterocycles. The second-order valence-corrected chi connectivity index (χ2v) is 7.22. The number of carbonyl (C=O) groups is 2. The Bertz CT molecular complexity index is 545. The summed E-state index contributed by atoms with van der Waals surface area (Å²) in [5.41, 5.74) is 0. The Morgan fingerprint density at radius 2 is 2.30 bits per heavy atom. The van der Waals surface area contributed by atoms with Crippen molar-refractivity contribution in [2.45, 2.75) is 49.4 Å². The van der Waals surface area contributed by atoms with Crippen molar-refractivity contribution in [3.05, 3.63) is 5.82 Å². The zero-order chi connectivity index (χ0) is 14.5. The first-order chi connectivity index (χ1) is 9.45. The zero-order valence-corrected chi connectivity index (χ0v) is 12.3. The van der Waals surface area contributed by atoms with E-state index in [2.05, 4.69) is 39.8 Å². The van der Waals surface area contributed by atoms with Crippen LogP contribution in [0.4, 0.5) is 0 Å². The molecule has 1 aromatic heterocycles. The van der Waals surface area contributed by atoms with E-state index in [1.54, 1.807) is 23.6 Å². The van der Waals surface area contributed by atoms with E-state index >= 15 is 0 Å². The van der Waals surface area contributed by atoms with E-state index in [4.69, 9.17) is 0 Å². The number of thioether (sulfide) groups is 1. The molecular weight excluding hydrogens is 280 g/mol. The Labute approximate surface area is 120 Å². The summed E-state index contributed by atoms with van der Waals surface area (Å²) in [6, 6.07) is -0.637. The molecule has 0 aliphatic carbocycles. The summed E-state index contributed by atoms with van der Waals surface area (Å²) in [5.74, 6) is 0.404. The van der Waals surface area contributed by atoms with Crippen LogP contribution in [0.25, 0.3) is 0 Å². The molecule has 0 bridgehead atoms. The van der Waals surface area contributed by atoms with Gasteiger partial charge >= 0.3 is 0 Å². The van der Waals surface area contributed by atoms with Crippen molar-refractivity contribution in [3.63, 3.8) is 0 Å². The molecule has 3 unspecified atom stereocenters. The summed E-state index contributed by atoms with van der Waals surface area (Å²) in [6.07, 6.45) is 0.375. The average molecular weight is 296 g/mol. The Hall–Kier alpha value is -1.64. The molecule has 2 amide bonds. The largest absolute Gasteiger partial charge is 0.342 e. The number of aromatic nitrogens is 4.